The second kappa shape index (κ2) is 5.18. The minimum Gasteiger partial charge on any atom is -0.250 e. The van der Waals surface area contributed by atoms with E-state index in [2.05, 4.69) is 11.9 Å². The summed E-state index contributed by atoms with van der Waals surface area (Å²) in [5.41, 5.74) is 0.0287. The molecule has 0 saturated heterocycles. The van der Waals surface area contributed by atoms with Crippen LogP contribution in [0.2, 0.25) is 0 Å². The molecule has 0 aromatic carbocycles. The molecular formula is C9H13Cl2NS. The van der Waals surface area contributed by atoms with Crippen LogP contribution in [-0.4, -0.2) is 16.7 Å². The molecule has 0 saturated carbocycles. The fraction of sp³-hybridized carbons (Fsp3) is 0.667. The molecule has 0 aliphatic rings. The maximum absolute atomic E-state index is 5.93. The molecule has 0 fully saturated rings. The van der Waals surface area contributed by atoms with Gasteiger partial charge in [0, 0.05) is 35.2 Å². The van der Waals surface area contributed by atoms with E-state index >= 15 is 0 Å². The summed E-state index contributed by atoms with van der Waals surface area (Å²) < 4.78 is 0. The Hall–Kier alpha value is 0.210. The zero-order chi connectivity index (χ0) is 9.73. The van der Waals surface area contributed by atoms with Gasteiger partial charge in [0.15, 0.2) is 0 Å². The Labute approximate surface area is 93.1 Å². The highest BCUT2D eigenvalue weighted by atomic mass is 35.5. The molecule has 0 atom stereocenters. The average Bonchev–Trinajstić information content (AvgIpc) is 2.67. The SMILES string of the molecule is CCC(CCl)(CCl)Cc1nccs1. The Balaban J connectivity index is 2.67. The van der Waals surface area contributed by atoms with Gasteiger partial charge in [-0.05, 0) is 6.42 Å². The molecule has 0 aliphatic carbocycles. The van der Waals surface area contributed by atoms with Crippen molar-refractivity contribution in [1.82, 2.24) is 4.98 Å². The molecule has 1 nitrogen and oxygen atoms in total. The second-order valence-electron chi connectivity index (χ2n) is 3.22. The lowest BCUT2D eigenvalue weighted by Gasteiger charge is -2.26. The smallest absolute Gasteiger partial charge is 0.0931 e. The number of nitrogens with zero attached hydrogens (tertiary/aromatic N) is 1. The fourth-order valence-corrected chi connectivity index (χ4v) is 2.75. The molecule has 0 radical (unpaired) electrons. The van der Waals surface area contributed by atoms with Crippen LogP contribution in [0.5, 0.6) is 0 Å². The Morgan fingerprint density at radius 3 is 2.54 bits per heavy atom. The van der Waals surface area contributed by atoms with Crippen LogP contribution in [0.1, 0.15) is 18.4 Å². The molecule has 0 unspecified atom stereocenters. The zero-order valence-electron chi connectivity index (χ0n) is 7.59. The van der Waals surface area contributed by atoms with Gasteiger partial charge in [-0.25, -0.2) is 4.98 Å². The summed E-state index contributed by atoms with van der Waals surface area (Å²) in [6, 6.07) is 0. The van der Waals surface area contributed by atoms with Gasteiger partial charge in [0.05, 0.1) is 5.01 Å². The number of rotatable bonds is 5. The molecule has 0 aliphatic heterocycles. The van der Waals surface area contributed by atoms with Crippen LogP contribution in [-0.2, 0) is 6.42 Å². The van der Waals surface area contributed by atoms with Gasteiger partial charge in [0.2, 0.25) is 0 Å². The van der Waals surface area contributed by atoms with Crippen molar-refractivity contribution < 1.29 is 0 Å². The predicted octanol–water partition coefficient (Wildman–Crippen LogP) is 3.56. The summed E-state index contributed by atoms with van der Waals surface area (Å²) in [4.78, 5) is 4.25. The highest BCUT2D eigenvalue weighted by Crippen LogP contribution is 2.30. The van der Waals surface area contributed by atoms with Crippen LogP contribution < -0.4 is 0 Å². The van der Waals surface area contributed by atoms with Crippen molar-refractivity contribution in [2.24, 2.45) is 5.41 Å². The van der Waals surface area contributed by atoms with Gasteiger partial charge in [-0.15, -0.1) is 34.5 Å². The van der Waals surface area contributed by atoms with Gasteiger partial charge in [0.25, 0.3) is 0 Å². The van der Waals surface area contributed by atoms with Gasteiger partial charge in [0.1, 0.15) is 0 Å². The Bertz CT molecular complexity index is 224. The van der Waals surface area contributed by atoms with E-state index in [1.54, 1.807) is 11.3 Å². The minimum absolute atomic E-state index is 0.0287. The number of halogens is 2. The number of aromatic nitrogens is 1. The van der Waals surface area contributed by atoms with E-state index in [1.165, 1.54) is 0 Å². The molecular weight excluding hydrogens is 225 g/mol. The summed E-state index contributed by atoms with van der Waals surface area (Å²) in [5.74, 6) is 1.21. The predicted molar refractivity (Wildman–Crippen MR) is 60.0 cm³/mol. The van der Waals surface area contributed by atoms with Gasteiger partial charge in [-0.3, -0.25) is 0 Å². The molecule has 0 bridgehead atoms. The summed E-state index contributed by atoms with van der Waals surface area (Å²) in [7, 11) is 0. The fourth-order valence-electron chi connectivity index (χ4n) is 1.11. The van der Waals surface area contributed by atoms with Crippen molar-refractivity contribution in [3.8, 4) is 0 Å². The van der Waals surface area contributed by atoms with E-state index in [4.69, 9.17) is 23.2 Å². The number of thiazole rings is 1. The van der Waals surface area contributed by atoms with E-state index in [0.717, 1.165) is 17.8 Å². The van der Waals surface area contributed by atoms with Crippen molar-refractivity contribution in [3.63, 3.8) is 0 Å². The molecule has 4 heteroatoms. The van der Waals surface area contributed by atoms with Gasteiger partial charge in [-0.2, -0.15) is 0 Å². The number of hydrogen-bond donors (Lipinski definition) is 0. The lowest BCUT2D eigenvalue weighted by molar-refractivity contribution is 0.361. The first-order valence-corrected chi connectivity index (χ1v) is 6.21. The summed E-state index contributed by atoms with van der Waals surface area (Å²) in [6.07, 6.45) is 3.72. The monoisotopic (exact) mass is 237 g/mol. The third kappa shape index (κ3) is 2.83. The first kappa shape index (κ1) is 11.3. The largest absolute Gasteiger partial charge is 0.250 e. The lowest BCUT2D eigenvalue weighted by Crippen LogP contribution is -2.27. The van der Waals surface area contributed by atoms with Crippen LogP contribution >= 0.6 is 34.5 Å². The molecule has 0 spiro atoms. The highest BCUT2D eigenvalue weighted by molar-refractivity contribution is 7.09. The van der Waals surface area contributed by atoms with Gasteiger partial charge in [-0.1, -0.05) is 6.92 Å². The Morgan fingerprint density at radius 2 is 2.15 bits per heavy atom. The van der Waals surface area contributed by atoms with Crippen molar-refractivity contribution in [3.05, 3.63) is 16.6 Å². The van der Waals surface area contributed by atoms with Crippen LogP contribution in [0.4, 0.5) is 0 Å². The quantitative estimate of drug-likeness (QED) is 0.715. The van der Waals surface area contributed by atoms with Crippen LogP contribution in [0.15, 0.2) is 11.6 Å². The van der Waals surface area contributed by atoms with Crippen LogP contribution in [0, 0.1) is 5.41 Å². The molecule has 0 N–H and O–H groups in total. The van der Waals surface area contributed by atoms with E-state index in [9.17, 15) is 0 Å². The van der Waals surface area contributed by atoms with Crippen LogP contribution in [0.25, 0.3) is 0 Å². The molecule has 1 heterocycles. The lowest BCUT2D eigenvalue weighted by atomic mass is 9.86. The van der Waals surface area contributed by atoms with Crippen molar-refractivity contribution >= 4 is 34.5 Å². The zero-order valence-corrected chi connectivity index (χ0v) is 9.92. The average molecular weight is 238 g/mol. The number of hydrogen-bond acceptors (Lipinski definition) is 2. The van der Waals surface area contributed by atoms with E-state index in [1.807, 2.05) is 11.6 Å². The minimum atomic E-state index is 0.0287. The normalized spacial score (nSPS) is 11.9. The molecule has 13 heavy (non-hydrogen) atoms. The first-order chi connectivity index (χ1) is 6.26. The standard InChI is InChI=1S/C9H13Cl2NS/c1-2-9(6-10,7-11)5-8-12-3-4-13-8/h3-4H,2,5-7H2,1H3. The second-order valence-corrected chi connectivity index (χ2v) is 4.74. The maximum atomic E-state index is 5.93. The van der Waals surface area contributed by atoms with Crippen molar-refractivity contribution in [2.45, 2.75) is 19.8 Å². The van der Waals surface area contributed by atoms with E-state index in [0.29, 0.717) is 11.8 Å². The topological polar surface area (TPSA) is 12.9 Å². The molecule has 1 rings (SSSR count). The highest BCUT2D eigenvalue weighted by Gasteiger charge is 2.27. The molecule has 0 amide bonds. The van der Waals surface area contributed by atoms with Crippen LogP contribution in [0.3, 0.4) is 0 Å². The van der Waals surface area contributed by atoms with E-state index in [-0.39, 0.29) is 5.41 Å². The molecule has 1 aromatic heterocycles. The molecule has 74 valence electrons. The Morgan fingerprint density at radius 1 is 1.46 bits per heavy atom. The summed E-state index contributed by atoms with van der Waals surface area (Å²) in [5, 5.41) is 3.11. The van der Waals surface area contributed by atoms with E-state index < -0.39 is 0 Å². The molecule has 1 aromatic rings. The van der Waals surface area contributed by atoms with Crippen molar-refractivity contribution in [2.75, 3.05) is 11.8 Å². The van der Waals surface area contributed by atoms with Gasteiger partial charge >= 0.3 is 0 Å². The third-order valence-electron chi connectivity index (χ3n) is 2.33. The van der Waals surface area contributed by atoms with Gasteiger partial charge < -0.3 is 0 Å². The summed E-state index contributed by atoms with van der Waals surface area (Å²) in [6.45, 7) is 2.12. The Kier molecular flexibility index (Phi) is 4.50. The first-order valence-electron chi connectivity index (χ1n) is 4.26. The van der Waals surface area contributed by atoms with Crippen molar-refractivity contribution in [1.29, 1.82) is 0 Å². The third-order valence-corrected chi connectivity index (χ3v) is 4.24. The number of alkyl halides is 2. The summed E-state index contributed by atoms with van der Waals surface area (Å²) >= 11 is 13.5. The maximum Gasteiger partial charge on any atom is 0.0931 e.